The van der Waals surface area contributed by atoms with Crippen molar-refractivity contribution in [2.24, 2.45) is 0 Å². The summed E-state index contributed by atoms with van der Waals surface area (Å²) in [5.74, 6) is -0.0276. The van der Waals surface area contributed by atoms with Gasteiger partial charge in [0.1, 0.15) is 24.0 Å². The summed E-state index contributed by atoms with van der Waals surface area (Å²) in [5.41, 5.74) is 2.66. The van der Waals surface area contributed by atoms with Crippen LogP contribution >= 0.6 is 0 Å². The minimum atomic E-state index is -1.12. The number of hydrogen-bond acceptors (Lipinski definition) is 8. The third-order valence-electron chi connectivity index (χ3n) is 5.93. The summed E-state index contributed by atoms with van der Waals surface area (Å²) in [7, 11) is 0. The topological polar surface area (TPSA) is 139 Å². The van der Waals surface area contributed by atoms with Gasteiger partial charge in [0.05, 0.1) is 17.7 Å². The van der Waals surface area contributed by atoms with E-state index in [4.69, 9.17) is 14.0 Å². The molecule has 0 radical (unpaired) electrons. The summed E-state index contributed by atoms with van der Waals surface area (Å²) in [6.45, 7) is 8.51. The highest BCUT2D eigenvalue weighted by molar-refractivity contribution is 5.78. The van der Waals surface area contributed by atoms with Gasteiger partial charge in [-0.2, -0.15) is 10.2 Å². The van der Waals surface area contributed by atoms with Crippen LogP contribution in [0.25, 0.3) is 22.8 Å². The van der Waals surface area contributed by atoms with Crippen LogP contribution in [0.3, 0.4) is 0 Å². The average molecular weight is 519 g/mol. The van der Waals surface area contributed by atoms with Crippen molar-refractivity contribution >= 4 is 12.1 Å². The minimum Gasteiger partial charge on any atom is -0.490 e. The number of nitrogens with zero attached hydrogens (tertiary/aromatic N) is 4. The monoisotopic (exact) mass is 518 g/mol. The predicted molar refractivity (Wildman–Crippen MR) is 137 cm³/mol. The average Bonchev–Trinajstić information content (AvgIpc) is 3.49. The van der Waals surface area contributed by atoms with E-state index < -0.39 is 30.3 Å². The highest BCUT2D eigenvalue weighted by atomic mass is 16.6. The lowest BCUT2D eigenvalue weighted by Crippen LogP contribution is -2.41. The summed E-state index contributed by atoms with van der Waals surface area (Å²) in [6.07, 6.45) is 0.377. The smallest absolute Gasteiger partial charge is 0.411 e. The molecule has 0 unspecified atom stereocenters. The second kappa shape index (κ2) is 10.5. The SMILES string of the molecule is CC(C)Oc1ccc(-c2nc(-c3cccc4c3CC[C@@H]4N(CC(=O)O)C(=O)OC(C)(C)C)no2)cc1C#N. The number of aliphatic carboxylic acids is 1. The van der Waals surface area contributed by atoms with Gasteiger partial charge >= 0.3 is 12.1 Å². The number of hydrogen-bond donors (Lipinski definition) is 1. The van der Waals surface area contributed by atoms with Gasteiger partial charge in [-0.1, -0.05) is 23.4 Å². The first-order valence-electron chi connectivity index (χ1n) is 12.3. The molecule has 0 aliphatic heterocycles. The van der Waals surface area contributed by atoms with Crippen LogP contribution in [0, 0.1) is 11.3 Å². The van der Waals surface area contributed by atoms with Crippen molar-refractivity contribution < 1.29 is 28.7 Å². The number of carboxylic acid groups (broad SMARTS) is 1. The Bertz CT molecular complexity index is 1400. The molecule has 0 saturated carbocycles. The van der Waals surface area contributed by atoms with Gasteiger partial charge in [-0.15, -0.1) is 0 Å². The molecule has 2 aromatic carbocycles. The maximum Gasteiger partial charge on any atom is 0.411 e. The van der Waals surface area contributed by atoms with Gasteiger partial charge < -0.3 is 19.1 Å². The Labute approximate surface area is 220 Å². The molecule has 1 amide bonds. The van der Waals surface area contributed by atoms with E-state index in [9.17, 15) is 20.0 Å². The number of aromatic nitrogens is 2. The van der Waals surface area contributed by atoms with E-state index in [1.165, 1.54) is 4.90 Å². The number of ether oxygens (including phenoxy) is 2. The molecule has 10 heteroatoms. The van der Waals surface area contributed by atoms with Gasteiger partial charge in [-0.3, -0.25) is 9.69 Å². The van der Waals surface area contributed by atoms with Crippen LogP contribution in [-0.4, -0.2) is 50.5 Å². The molecule has 1 aromatic heterocycles. The van der Waals surface area contributed by atoms with Crippen molar-refractivity contribution in [2.75, 3.05) is 6.54 Å². The highest BCUT2D eigenvalue weighted by Crippen LogP contribution is 2.41. The largest absolute Gasteiger partial charge is 0.490 e. The van der Waals surface area contributed by atoms with E-state index in [1.807, 2.05) is 32.0 Å². The zero-order valence-corrected chi connectivity index (χ0v) is 22.0. The Morgan fingerprint density at radius 3 is 2.68 bits per heavy atom. The molecule has 10 nitrogen and oxygen atoms in total. The molecule has 0 bridgehead atoms. The molecule has 4 rings (SSSR count). The van der Waals surface area contributed by atoms with Crippen LogP contribution in [0.5, 0.6) is 5.75 Å². The van der Waals surface area contributed by atoms with E-state index in [0.717, 1.165) is 16.7 Å². The first kappa shape index (κ1) is 26.7. The molecule has 1 atom stereocenters. The second-order valence-electron chi connectivity index (χ2n) is 10.3. The third-order valence-corrected chi connectivity index (χ3v) is 5.93. The molecule has 1 aliphatic rings. The lowest BCUT2D eigenvalue weighted by atomic mass is 10.0. The summed E-state index contributed by atoms with van der Waals surface area (Å²) in [4.78, 5) is 30.3. The number of nitriles is 1. The van der Waals surface area contributed by atoms with Crippen LogP contribution in [0.4, 0.5) is 4.79 Å². The summed E-state index contributed by atoms with van der Waals surface area (Å²) >= 11 is 0. The third kappa shape index (κ3) is 5.78. The van der Waals surface area contributed by atoms with E-state index in [1.54, 1.807) is 39.0 Å². The zero-order chi connectivity index (χ0) is 27.6. The molecule has 0 fully saturated rings. The maximum atomic E-state index is 12.9. The summed E-state index contributed by atoms with van der Waals surface area (Å²) in [6, 6.07) is 12.3. The van der Waals surface area contributed by atoms with Gasteiger partial charge in [0, 0.05) is 11.1 Å². The molecular weight excluding hydrogens is 488 g/mol. The summed E-state index contributed by atoms with van der Waals surface area (Å²) < 4.78 is 16.7. The number of carboxylic acids is 1. The molecule has 38 heavy (non-hydrogen) atoms. The fourth-order valence-electron chi connectivity index (χ4n) is 4.49. The van der Waals surface area contributed by atoms with Crippen molar-refractivity contribution in [1.82, 2.24) is 15.0 Å². The molecule has 3 aromatic rings. The molecule has 198 valence electrons. The molecular formula is C28H30N4O6. The fourth-order valence-corrected chi connectivity index (χ4v) is 4.49. The van der Waals surface area contributed by atoms with Gasteiger partial charge in [-0.05, 0) is 76.8 Å². The number of benzene rings is 2. The number of carbonyl (C=O) groups is 2. The number of carbonyl (C=O) groups excluding carboxylic acids is 1. The van der Waals surface area contributed by atoms with E-state index in [-0.39, 0.29) is 12.0 Å². The van der Waals surface area contributed by atoms with Crippen molar-refractivity contribution in [3.63, 3.8) is 0 Å². The van der Waals surface area contributed by atoms with Crippen LogP contribution in [0.2, 0.25) is 0 Å². The maximum absolute atomic E-state index is 12.9. The van der Waals surface area contributed by atoms with E-state index >= 15 is 0 Å². The Balaban J connectivity index is 1.65. The molecule has 1 heterocycles. The Morgan fingerprint density at radius 1 is 1.26 bits per heavy atom. The number of fused-ring (bicyclic) bond motifs is 1. The van der Waals surface area contributed by atoms with Crippen molar-refractivity contribution in [1.29, 1.82) is 5.26 Å². The van der Waals surface area contributed by atoms with Crippen LogP contribution in [-0.2, 0) is 16.0 Å². The quantitative estimate of drug-likeness (QED) is 0.437. The zero-order valence-electron chi connectivity index (χ0n) is 22.0. The van der Waals surface area contributed by atoms with Gasteiger partial charge in [0.25, 0.3) is 5.89 Å². The predicted octanol–water partition coefficient (Wildman–Crippen LogP) is 5.37. The van der Waals surface area contributed by atoms with Crippen molar-refractivity contribution in [3.05, 3.63) is 53.1 Å². The van der Waals surface area contributed by atoms with Crippen LogP contribution in [0.15, 0.2) is 40.9 Å². The van der Waals surface area contributed by atoms with Crippen LogP contribution in [0.1, 0.15) is 63.8 Å². The van der Waals surface area contributed by atoms with Crippen LogP contribution < -0.4 is 4.74 Å². The number of amides is 1. The first-order valence-corrected chi connectivity index (χ1v) is 12.3. The lowest BCUT2D eigenvalue weighted by Gasteiger charge is -2.31. The lowest BCUT2D eigenvalue weighted by molar-refractivity contribution is -0.138. The van der Waals surface area contributed by atoms with Crippen molar-refractivity contribution in [2.45, 2.75) is 65.2 Å². The Hall–Kier alpha value is -4.39. The Morgan fingerprint density at radius 2 is 2.03 bits per heavy atom. The highest BCUT2D eigenvalue weighted by Gasteiger charge is 2.36. The molecule has 1 N–H and O–H groups in total. The normalized spacial score (nSPS) is 14.6. The minimum absolute atomic E-state index is 0.0753. The van der Waals surface area contributed by atoms with Gasteiger partial charge in [-0.25, -0.2) is 4.79 Å². The van der Waals surface area contributed by atoms with E-state index in [0.29, 0.717) is 35.5 Å². The molecule has 0 spiro atoms. The van der Waals surface area contributed by atoms with Gasteiger partial charge in [0.2, 0.25) is 5.82 Å². The van der Waals surface area contributed by atoms with Crippen molar-refractivity contribution in [3.8, 4) is 34.7 Å². The van der Waals surface area contributed by atoms with Gasteiger partial charge in [0.15, 0.2) is 0 Å². The molecule has 1 aliphatic carbocycles. The van der Waals surface area contributed by atoms with E-state index in [2.05, 4.69) is 16.2 Å². The second-order valence-corrected chi connectivity index (χ2v) is 10.3. The molecule has 0 saturated heterocycles. The first-order chi connectivity index (χ1) is 18.0. The Kier molecular flexibility index (Phi) is 7.39. The number of rotatable bonds is 7. The summed E-state index contributed by atoms with van der Waals surface area (Å²) in [5, 5.41) is 23.2. The fraction of sp³-hybridized carbons (Fsp3) is 0.393. The standard InChI is InChI=1S/C28H30N4O6/c1-16(2)36-23-12-9-17(13-18(23)14-29)26-30-25(31-38-26)21-8-6-7-20-19(21)10-11-22(20)32(15-24(33)34)27(35)37-28(3,4)5/h6-9,12-13,16,22H,10-11,15H2,1-5H3,(H,33,34)/t22-/m0/s1.